The number of fused-ring (bicyclic) bond motifs is 1. The van der Waals surface area contributed by atoms with Gasteiger partial charge in [0.25, 0.3) is 0 Å². The topological polar surface area (TPSA) is 45.5 Å². The van der Waals surface area contributed by atoms with Crippen LogP contribution < -0.4 is 0 Å². The number of carboxylic acid groups (broad SMARTS) is 1. The molecule has 2 heterocycles. The van der Waals surface area contributed by atoms with E-state index in [1.54, 1.807) is 0 Å². The predicted molar refractivity (Wildman–Crippen MR) is 111 cm³/mol. The lowest BCUT2D eigenvalue weighted by Gasteiger charge is -2.44. The number of rotatable bonds is 5. The molecule has 0 atom stereocenters. The lowest BCUT2D eigenvalue weighted by molar-refractivity contribution is 0.105. The van der Waals surface area contributed by atoms with Crippen molar-refractivity contribution in [2.24, 2.45) is 0 Å². The summed E-state index contributed by atoms with van der Waals surface area (Å²) in [5, 5.41) is 10.3. The third-order valence-electron chi connectivity index (χ3n) is 6.53. The Morgan fingerprint density at radius 2 is 1.62 bits per heavy atom. The number of amides is 1. The van der Waals surface area contributed by atoms with Crippen molar-refractivity contribution in [3.05, 3.63) is 36.0 Å². The van der Waals surface area contributed by atoms with Crippen molar-refractivity contribution in [3.8, 4) is 0 Å². The zero-order valence-corrected chi connectivity index (χ0v) is 17.9. The molecule has 1 aliphatic heterocycles. The molecular formula is C21H32N2O2Si. The largest absolute Gasteiger partial charge is 0.465 e. The average molecular weight is 373 g/mol. The second-order valence-corrected chi connectivity index (χ2v) is 14.5. The van der Waals surface area contributed by atoms with Gasteiger partial charge in [0.1, 0.15) is 0 Å². The summed E-state index contributed by atoms with van der Waals surface area (Å²) < 4.78 is 2.64. The molecule has 1 saturated heterocycles. The fourth-order valence-electron chi connectivity index (χ4n) is 5.43. The van der Waals surface area contributed by atoms with Crippen LogP contribution in [0.15, 0.2) is 30.5 Å². The quantitative estimate of drug-likeness (QED) is 0.680. The van der Waals surface area contributed by atoms with Crippen LogP contribution in [0, 0.1) is 0 Å². The molecule has 1 amide bonds. The van der Waals surface area contributed by atoms with Gasteiger partial charge in [-0.1, -0.05) is 47.6 Å². The minimum atomic E-state index is -1.75. The van der Waals surface area contributed by atoms with E-state index in [1.165, 1.54) is 21.4 Å². The molecule has 0 aliphatic carbocycles. The van der Waals surface area contributed by atoms with E-state index in [2.05, 4.69) is 76.2 Å². The number of benzene rings is 1. The summed E-state index contributed by atoms with van der Waals surface area (Å²) in [6, 6.07) is 9.00. The van der Waals surface area contributed by atoms with Crippen LogP contribution in [0.25, 0.3) is 10.9 Å². The summed E-state index contributed by atoms with van der Waals surface area (Å²) in [6.07, 6.45) is 1.50. The Kier molecular flexibility index (Phi) is 4.95. The van der Waals surface area contributed by atoms with Crippen molar-refractivity contribution in [1.82, 2.24) is 9.13 Å². The summed E-state index contributed by atoms with van der Waals surface area (Å²) in [5.74, 6) is 0.334. The van der Waals surface area contributed by atoms with Crippen LogP contribution in [-0.2, 0) is 0 Å². The smallest absolute Gasteiger partial charge is 0.407 e. The molecule has 1 fully saturated rings. The molecule has 1 aromatic carbocycles. The summed E-state index contributed by atoms with van der Waals surface area (Å²) in [4.78, 5) is 12.5. The van der Waals surface area contributed by atoms with E-state index in [4.69, 9.17) is 5.11 Å². The summed E-state index contributed by atoms with van der Waals surface area (Å²) >= 11 is 0. The zero-order valence-electron chi connectivity index (χ0n) is 16.9. The first-order chi connectivity index (χ1) is 12.2. The van der Waals surface area contributed by atoms with Gasteiger partial charge >= 0.3 is 6.09 Å². The number of hydrogen-bond acceptors (Lipinski definition) is 1. The van der Waals surface area contributed by atoms with Gasteiger partial charge in [-0.2, -0.15) is 0 Å². The van der Waals surface area contributed by atoms with Gasteiger partial charge in [0.05, 0.1) is 0 Å². The third-order valence-corrected chi connectivity index (χ3v) is 13.3. The number of likely N-dealkylation sites (tertiary alicyclic amines) is 1. The highest BCUT2D eigenvalue weighted by molar-refractivity contribution is 6.82. The molecule has 0 radical (unpaired) electrons. The number of hydrogen-bond donors (Lipinski definition) is 1. The van der Waals surface area contributed by atoms with Crippen molar-refractivity contribution in [1.29, 1.82) is 0 Å². The van der Waals surface area contributed by atoms with Crippen molar-refractivity contribution >= 4 is 25.2 Å². The Bertz CT molecular complexity index is 782. The molecule has 4 nitrogen and oxygen atoms in total. The summed E-state index contributed by atoms with van der Waals surface area (Å²) in [6.45, 7) is 15.6. The molecule has 1 aliphatic rings. The van der Waals surface area contributed by atoms with E-state index >= 15 is 0 Å². The van der Waals surface area contributed by atoms with Crippen molar-refractivity contribution in [3.63, 3.8) is 0 Å². The Balaban J connectivity index is 2.00. The molecule has 0 bridgehead atoms. The zero-order chi connectivity index (χ0) is 19.2. The van der Waals surface area contributed by atoms with Gasteiger partial charge < -0.3 is 14.2 Å². The lowest BCUT2D eigenvalue weighted by Crippen LogP contribution is -2.51. The SMILES string of the molecule is CC(C)[Si](C(C)C)(C(C)C)n1ccc2cc(C3CN(C(=O)O)C3)ccc21. The third kappa shape index (κ3) is 2.77. The maximum absolute atomic E-state index is 11.0. The van der Waals surface area contributed by atoms with Gasteiger partial charge in [0, 0.05) is 24.5 Å². The molecule has 1 N–H and O–H groups in total. The molecule has 0 spiro atoms. The average Bonchev–Trinajstić information content (AvgIpc) is 2.88. The van der Waals surface area contributed by atoms with E-state index in [1.807, 2.05) is 0 Å². The van der Waals surface area contributed by atoms with Crippen LogP contribution in [0.2, 0.25) is 16.6 Å². The fourth-order valence-corrected chi connectivity index (χ4v) is 12.1. The second kappa shape index (κ2) is 6.76. The molecule has 142 valence electrons. The van der Waals surface area contributed by atoms with E-state index in [9.17, 15) is 4.79 Å². The van der Waals surface area contributed by atoms with Crippen LogP contribution in [0.1, 0.15) is 53.0 Å². The van der Waals surface area contributed by atoms with Gasteiger partial charge in [-0.3, -0.25) is 0 Å². The first kappa shape index (κ1) is 19.0. The highest BCUT2D eigenvalue weighted by Crippen LogP contribution is 2.44. The van der Waals surface area contributed by atoms with Crippen molar-refractivity contribution in [2.45, 2.75) is 64.1 Å². The summed E-state index contributed by atoms with van der Waals surface area (Å²) in [5.41, 5.74) is 4.58. The summed E-state index contributed by atoms with van der Waals surface area (Å²) in [7, 11) is -1.75. The Morgan fingerprint density at radius 1 is 1.04 bits per heavy atom. The number of carbonyl (C=O) groups is 1. The van der Waals surface area contributed by atoms with Crippen molar-refractivity contribution < 1.29 is 9.90 Å². The minimum Gasteiger partial charge on any atom is -0.465 e. The highest BCUT2D eigenvalue weighted by Gasteiger charge is 2.45. The molecule has 3 rings (SSSR count). The van der Waals surface area contributed by atoms with E-state index in [0.29, 0.717) is 35.6 Å². The maximum Gasteiger partial charge on any atom is 0.407 e. The molecule has 1 aromatic heterocycles. The number of nitrogens with zero attached hydrogens (tertiary/aromatic N) is 2. The highest BCUT2D eigenvalue weighted by atomic mass is 28.3. The number of aromatic nitrogens is 1. The van der Waals surface area contributed by atoms with E-state index in [-0.39, 0.29) is 0 Å². The predicted octanol–water partition coefficient (Wildman–Crippen LogP) is 5.74. The first-order valence-corrected chi connectivity index (χ1v) is 12.0. The monoisotopic (exact) mass is 372 g/mol. The van der Waals surface area contributed by atoms with Crippen LogP contribution in [0.4, 0.5) is 4.79 Å². The minimum absolute atomic E-state index is 0.334. The Morgan fingerprint density at radius 3 is 2.12 bits per heavy atom. The molecule has 0 saturated carbocycles. The van der Waals surface area contributed by atoms with Crippen LogP contribution in [0.5, 0.6) is 0 Å². The van der Waals surface area contributed by atoms with E-state index in [0.717, 1.165) is 0 Å². The van der Waals surface area contributed by atoms with Crippen LogP contribution >= 0.6 is 0 Å². The molecule has 0 unspecified atom stereocenters. The van der Waals surface area contributed by atoms with Crippen LogP contribution in [-0.4, -0.2) is 41.7 Å². The van der Waals surface area contributed by atoms with Crippen LogP contribution in [0.3, 0.4) is 0 Å². The normalized spacial score (nSPS) is 16.1. The standard InChI is InChI=1S/C21H32N2O2Si/c1-14(2)26(15(3)4,16(5)6)23-10-9-18-11-17(7-8-20(18)23)19-12-22(13-19)21(24)25/h7-11,14-16,19H,12-13H2,1-6H3,(H,24,25). The Labute approximate surface area is 157 Å². The maximum atomic E-state index is 11.0. The van der Waals surface area contributed by atoms with Crippen molar-refractivity contribution in [2.75, 3.05) is 13.1 Å². The van der Waals surface area contributed by atoms with Gasteiger partial charge in [0.15, 0.2) is 8.24 Å². The fraction of sp³-hybridized carbons (Fsp3) is 0.571. The van der Waals surface area contributed by atoms with Gasteiger partial charge in [-0.25, -0.2) is 4.79 Å². The second-order valence-electron chi connectivity index (χ2n) is 8.74. The first-order valence-electron chi connectivity index (χ1n) is 9.78. The molecular weight excluding hydrogens is 340 g/mol. The molecule has 26 heavy (non-hydrogen) atoms. The van der Waals surface area contributed by atoms with Gasteiger partial charge in [0.2, 0.25) is 0 Å². The lowest BCUT2D eigenvalue weighted by atomic mass is 9.91. The molecule has 5 heteroatoms. The molecule has 2 aromatic rings. The van der Waals surface area contributed by atoms with Gasteiger partial charge in [-0.15, -0.1) is 0 Å². The van der Waals surface area contributed by atoms with E-state index < -0.39 is 14.3 Å². The Hall–Kier alpha value is -1.75. The van der Waals surface area contributed by atoms with Gasteiger partial charge in [-0.05, 0) is 52.0 Å².